The molecule has 2 aromatic heterocycles. The molecular weight excluding hydrogens is 322 g/mol. The van der Waals surface area contributed by atoms with E-state index >= 15 is 0 Å². The first-order chi connectivity index (χ1) is 11.6. The van der Waals surface area contributed by atoms with Gasteiger partial charge < -0.3 is 14.6 Å². The third-order valence-corrected chi connectivity index (χ3v) is 5.30. The minimum atomic E-state index is 0.0390. The van der Waals surface area contributed by atoms with Crippen LogP contribution in [0.1, 0.15) is 26.0 Å². The summed E-state index contributed by atoms with van der Waals surface area (Å²) in [5, 5.41) is 5.85. The molecule has 130 valence electrons. The number of hydrogen-bond donors (Lipinski definition) is 1. The van der Waals surface area contributed by atoms with E-state index < -0.39 is 0 Å². The Morgan fingerprint density at radius 2 is 2.21 bits per heavy atom. The highest BCUT2D eigenvalue weighted by molar-refractivity contribution is 7.13. The molecule has 1 aliphatic rings. The fraction of sp³-hybridized carbons (Fsp3) is 0.556. The summed E-state index contributed by atoms with van der Waals surface area (Å²) < 4.78 is 5.07. The number of rotatable bonds is 6. The number of amides is 1. The Morgan fingerprint density at radius 3 is 2.92 bits per heavy atom. The van der Waals surface area contributed by atoms with Crippen molar-refractivity contribution < 1.29 is 9.21 Å². The van der Waals surface area contributed by atoms with Crippen molar-refractivity contribution in [3.8, 4) is 10.6 Å². The molecule has 2 aromatic rings. The lowest BCUT2D eigenvalue weighted by molar-refractivity contribution is -0.120. The molecular formula is C18H25N3O2S. The quantitative estimate of drug-likeness (QED) is 0.872. The van der Waals surface area contributed by atoms with Crippen molar-refractivity contribution in [2.24, 2.45) is 11.8 Å². The van der Waals surface area contributed by atoms with Crippen LogP contribution >= 0.6 is 11.3 Å². The van der Waals surface area contributed by atoms with E-state index in [1.54, 1.807) is 12.5 Å². The van der Waals surface area contributed by atoms with Gasteiger partial charge in [0.15, 0.2) is 0 Å². The molecule has 0 bridgehead atoms. The first kappa shape index (κ1) is 17.2. The van der Waals surface area contributed by atoms with Crippen molar-refractivity contribution >= 4 is 17.2 Å². The Bertz CT molecular complexity index is 643. The molecule has 0 aliphatic carbocycles. The molecule has 0 spiro atoms. The van der Waals surface area contributed by atoms with E-state index in [1.165, 1.54) is 17.8 Å². The molecule has 1 amide bonds. The Balaban J connectivity index is 1.41. The van der Waals surface area contributed by atoms with Gasteiger partial charge in [-0.3, -0.25) is 4.79 Å². The van der Waals surface area contributed by atoms with Crippen molar-refractivity contribution in [3.05, 3.63) is 29.7 Å². The van der Waals surface area contributed by atoms with Gasteiger partial charge in [-0.15, -0.1) is 11.3 Å². The summed E-state index contributed by atoms with van der Waals surface area (Å²) in [4.78, 5) is 19.1. The number of piperidine rings is 1. The van der Waals surface area contributed by atoms with Crippen LogP contribution < -0.4 is 5.32 Å². The fourth-order valence-electron chi connectivity index (χ4n) is 3.46. The van der Waals surface area contributed by atoms with Gasteiger partial charge in [-0.05, 0) is 24.3 Å². The van der Waals surface area contributed by atoms with Gasteiger partial charge in [-0.2, -0.15) is 0 Å². The summed E-state index contributed by atoms with van der Waals surface area (Å²) in [6.07, 6.45) is 4.95. The second-order valence-electron chi connectivity index (χ2n) is 6.89. The molecule has 6 heteroatoms. The second-order valence-corrected chi connectivity index (χ2v) is 7.75. The lowest BCUT2D eigenvalue weighted by Gasteiger charge is -2.34. The summed E-state index contributed by atoms with van der Waals surface area (Å²) in [5.41, 5.74) is 1.77. The van der Waals surface area contributed by atoms with Crippen LogP contribution in [-0.4, -0.2) is 42.0 Å². The molecule has 1 saturated heterocycles. The van der Waals surface area contributed by atoms with Crippen LogP contribution in [-0.2, 0) is 11.2 Å². The minimum absolute atomic E-state index is 0.0390. The zero-order valence-corrected chi connectivity index (χ0v) is 15.1. The zero-order valence-electron chi connectivity index (χ0n) is 14.3. The van der Waals surface area contributed by atoms with Crippen molar-refractivity contribution in [2.75, 3.05) is 26.2 Å². The molecule has 24 heavy (non-hydrogen) atoms. The lowest BCUT2D eigenvalue weighted by Crippen LogP contribution is -2.43. The topological polar surface area (TPSA) is 58.4 Å². The summed E-state index contributed by atoms with van der Waals surface area (Å²) in [7, 11) is 0. The van der Waals surface area contributed by atoms with Crippen molar-refractivity contribution in [2.45, 2.75) is 26.7 Å². The fourth-order valence-corrected chi connectivity index (χ4v) is 4.27. The van der Waals surface area contributed by atoms with E-state index in [0.29, 0.717) is 13.0 Å². The second kappa shape index (κ2) is 7.94. The van der Waals surface area contributed by atoms with Crippen LogP contribution in [0.2, 0.25) is 0 Å². The minimum Gasteiger partial charge on any atom is -0.472 e. The average molecular weight is 347 g/mol. The van der Waals surface area contributed by atoms with Gasteiger partial charge in [0.05, 0.1) is 18.4 Å². The smallest absolute Gasteiger partial charge is 0.226 e. The molecule has 2 atom stereocenters. The molecule has 0 saturated carbocycles. The Labute approximate surface area is 147 Å². The SMILES string of the molecule is C[C@@H]1C[C@@H](C)CN(CCNC(=O)Cc2csc(-c3ccoc3)n2)C1. The van der Waals surface area contributed by atoms with Gasteiger partial charge in [-0.1, -0.05) is 13.8 Å². The number of carbonyl (C=O) groups excluding carboxylic acids is 1. The lowest BCUT2D eigenvalue weighted by atomic mass is 9.92. The van der Waals surface area contributed by atoms with E-state index in [1.807, 2.05) is 11.4 Å². The number of aromatic nitrogens is 1. The third-order valence-electron chi connectivity index (χ3n) is 4.36. The highest BCUT2D eigenvalue weighted by Gasteiger charge is 2.21. The molecule has 1 N–H and O–H groups in total. The van der Waals surface area contributed by atoms with Gasteiger partial charge in [0.1, 0.15) is 11.3 Å². The zero-order chi connectivity index (χ0) is 16.9. The molecule has 3 heterocycles. The molecule has 1 fully saturated rings. The Hall–Kier alpha value is -1.66. The summed E-state index contributed by atoms with van der Waals surface area (Å²) in [5.74, 6) is 1.54. The normalized spacial score (nSPS) is 21.8. The van der Waals surface area contributed by atoms with Crippen LogP contribution in [0.15, 0.2) is 28.4 Å². The maximum Gasteiger partial charge on any atom is 0.226 e. The monoisotopic (exact) mass is 347 g/mol. The average Bonchev–Trinajstić information content (AvgIpc) is 3.16. The van der Waals surface area contributed by atoms with Crippen LogP contribution in [0.4, 0.5) is 0 Å². The number of carbonyl (C=O) groups is 1. The number of likely N-dealkylation sites (tertiary alicyclic amines) is 1. The Morgan fingerprint density at radius 1 is 1.42 bits per heavy atom. The molecule has 0 unspecified atom stereocenters. The number of hydrogen-bond acceptors (Lipinski definition) is 5. The predicted octanol–water partition coefficient (Wildman–Crippen LogP) is 3.04. The maximum atomic E-state index is 12.1. The molecule has 1 aliphatic heterocycles. The predicted molar refractivity (Wildman–Crippen MR) is 95.9 cm³/mol. The van der Waals surface area contributed by atoms with Gasteiger partial charge >= 0.3 is 0 Å². The summed E-state index contributed by atoms with van der Waals surface area (Å²) in [6, 6.07) is 1.88. The standard InChI is InChI=1S/C18H25N3O2S/c1-13-7-14(2)10-21(9-13)5-4-19-17(22)8-16-12-24-18(20-16)15-3-6-23-11-15/h3,6,11-14H,4-5,7-10H2,1-2H3,(H,19,22)/t13-,14-/m1/s1. The van der Waals surface area contributed by atoms with Gasteiger partial charge in [-0.25, -0.2) is 4.98 Å². The van der Waals surface area contributed by atoms with E-state index in [4.69, 9.17) is 4.42 Å². The van der Waals surface area contributed by atoms with Gasteiger partial charge in [0, 0.05) is 37.1 Å². The van der Waals surface area contributed by atoms with E-state index in [2.05, 4.69) is 29.0 Å². The number of nitrogens with zero attached hydrogens (tertiary/aromatic N) is 2. The largest absolute Gasteiger partial charge is 0.472 e. The summed E-state index contributed by atoms with van der Waals surface area (Å²) >= 11 is 1.54. The highest BCUT2D eigenvalue weighted by atomic mass is 32.1. The number of nitrogens with one attached hydrogen (secondary N) is 1. The highest BCUT2D eigenvalue weighted by Crippen LogP contribution is 2.24. The van der Waals surface area contributed by atoms with Crippen molar-refractivity contribution in [3.63, 3.8) is 0 Å². The molecule has 0 aromatic carbocycles. The van der Waals surface area contributed by atoms with Crippen LogP contribution in [0.5, 0.6) is 0 Å². The third kappa shape index (κ3) is 4.68. The molecule has 0 radical (unpaired) electrons. The van der Waals surface area contributed by atoms with Gasteiger partial charge in [0.2, 0.25) is 5.91 Å². The van der Waals surface area contributed by atoms with Crippen LogP contribution in [0, 0.1) is 11.8 Å². The van der Waals surface area contributed by atoms with Gasteiger partial charge in [0.25, 0.3) is 0 Å². The first-order valence-electron chi connectivity index (χ1n) is 8.56. The van der Waals surface area contributed by atoms with Crippen LogP contribution in [0.3, 0.4) is 0 Å². The molecule has 5 nitrogen and oxygen atoms in total. The number of furan rings is 1. The van der Waals surface area contributed by atoms with Crippen LogP contribution in [0.25, 0.3) is 10.6 Å². The van der Waals surface area contributed by atoms with E-state index in [-0.39, 0.29) is 5.91 Å². The van der Waals surface area contributed by atoms with Crippen molar-refractivity contribution in [1.82, 2.24) is 15.2 Å². The van der Waals surface area contributed by atoms with Crippen molar-refractivity contribution in [1.29, 1.82) is 0 Å². The maximum absolute atomic E-state index is 12.1. The number of thiazole rings is 1. The Kier molecular flexibility index (Phi) is 5.68. The first-order valence-corrected chi connectivity index (χ1v) is 9.44. The van der Waals surface area contributed by atoms with E-state index in [0.717, 1.165) is 47.7 Å². The molecule has 3 rings (SSSR count). The summed E-state index contributed by atoms with van der Waals surface area (Å²) in [6.45, 7) is 8.53. The van der Waals surface area contributed by atoms with E-state index in [9.17, 15) is 4.79 Å².